The van der Waals surface area contributed by atoms with Crippen molar-refractivity contribution in [2.24, 2.45) is 0 Å². The molecule has 0 saturated carbocycles. The van der Waals surface area contributed by atoms with Crippen LogP contribution in [0.2, 0.25) is 0 Å². The maximum Gasteiger partial charge on any atom is 0.164 e. The summed E-state index contributed by atoms with van der Waals surface area (Å²) >= 11 is 0. The molecular formula is C12H18O2. The minimum atomic E-state index is -0.0173. The first kappa shape index (κ1) is 10.9. The van der Waals surface area contributed by atoms with Gasteiger partial charge in [-0.25, -0.2) is 0 Å². The smallest absolute Gasteiger partial charge is 0.164 e. The number of aromatic hydroxyl groups is 1. The van der Waals surface area contributed by atoms with E-state index in [1.165, 1.54) is 0 Å². The number of hydrogen-bond donors (Lipinski definition) is 1. The lowest BCUT2D eigenvalue weighted by atomic mass is 9.85. The molecule has 0 spiro atoms. The van der Waals surface area contributed by atoms with E-state index in [0.29, 0.717) is 5.75 Å². The molecule has 0 amide bonds. The summed E-state index contributed by atoms with van der Waals surface area (Å²) in [5.74, 6) is 0.845. The van der Waals surface area contributed by atoms with Crippen LogP contribution in [0.4, 0.5) is 0 Å². The van der Waals surface area contributed by atoms with E-state index < -0.39 is 0 Å². The number of phenols is 1. The van der Waals surface area contributed by atoms with Crippen molar-refractivity contribution in [2.45, 2.75) is 33.1 Å². The van der Waals surface area contributed by atoms with Gasteiger partial charge in [0.05, 0.1) is 7.11 Å². The van der Waals surface area contributed by atoms with Crippen molar-refractivity contribution in [3.05, 3.63) is 23.3 Å². The summed E-state index contributed by atoms with van der Waals surface area (Å²) in [7, 11) is 1.59. The van der Waals surface area contributed by atoms with E-state index in [-0.39, 0.29) is 11.2 Å². The fourth-order valence-corrected chi connectivity index (χ4v) is 1.47. The number of rotatable bonds is 1. The number of aryl methyl sites for hydroxylation is 1. The zero-order chi connectivity index (χ0) is 10.9. The molecule has 14 heavy (non-hydrogen) atoms. The molecule has 1 rings (SSSR count). The van der Waals surface area contributed by atoms with Crippen molar-refractivity contribution in [3.63, 3.8) is 0 Å². The van der Waals surface area contributed by atoms with Gasteiger partial charge in [0.1, 0.15) is 0 Å². The second-order valence-corrected chi connectivity index (χ2v) is 4.56. The lowest BCUT2D eigenvalue weighted by molar-refractivity contribution is 0.359. The van der Waals surface area contributed by atoms with Gasteiger partial charge in [-0.2, -0.15) is 0 Å². The fourth-order valence-electron chi connectivity index (χ4n) is 1.47. The van der Waals surface area contributed by atoms with Crippen LogP contribution < -0.4 is 4.74 Å². The average molecular weight is 194 g/mol. The van der Waals surface area contributed by atoms with Gasteiger partial charge in [-0.05, 0) is 17.9 Å². The first-order valence-corrected chi connectivity index (χ1v) is 4.75. The number of hydrogen-bond acceptors (Lipinski definition) is 2. The molecule has 0 radical (unpaired) electrons. The predicted molar refractivity (Wildman–Crippen MR) is 58.1 cm³/mol. The van der Waals surface area contributed by atoms with Crippen molar-refractivity contribution in [1.82, 2.24) is 0 Å². The van der Waals surface area contributed by atoms with Crippen LogP contribution in [0.3, 0.4) is 0 Å². The van der Waals surface area contributed by atoms with Gasteiger partial charge in [-0.15, -0.1) is 0 Å². The highest BCUT2D eigenvalue weighted by molar-refractivity contribution is 5.52. The Morgan fingerprint density at radius 3 is 2.21 bits per heavy atom. The molecule has 1 aromatic rings. The molecular weight excluding hydrogens is 176 g/mol. The van der Waals surface area contributed by atoms with E-state index >= 15 is 0 Å². The largest absolute Gasteiger partial charge is 0.504 e. The summed E-state index contributed by atoms with van der Waals surface area (Å²) in [5.41, 5.74) is 1.86. The Labute approximate surface area is 85.5 Å². The van der Waals surface area contributed by atoms with Crippen molar-refractivity contribution in [1.29, 1.82) is 0 Å². The first-order chi connectivity index (χ1) is 6.38. The third-order valence-corrected chi connectivity index (χ3v) is 2.35. The molecule has 1 N–H and O–H groups in total. The monoisotopic (exact) mass is 194 g/mol. The van der Waals surface area contributed by atoms with Crippen molar-refractivity contribution in [3.8, 4) is 11.5 Å². The minimum absolute atomic E-state index is 0.0173. The lowest BCUT2D eigenvalue weighted by Crippen LogP contribution is -2.12. The molecule has 0 bridgehead atoms. The zero-order valence-corrected chi connectivity index (χ0v) is 9.51. The summed E-state index contributed by atoms with van der Waals surface area (Å²) in [4.78, 5) is 0. The summed E-state index contributed by atoms with van der Waals surface area (Å²) < 4.78 is 5.23. The maximum atomic E-state index is 9.82. The Morgan fingerprint density at radius 2 is 1.79 bits per heavy atom. The Bertz CT molecular complexity index is 335. The topological polar surface area (TPSA) is 29.5 Å². The second kappa shape index (κ2) is 3.52. The molecule has 0 aliphatic heterocycles. The van der Waals surface area contributed by atoms with E-state index in [0.717, 1.165) is 11.1 Å². The Morgan fingerprint density at radius 1 is 1.21 bits per heavy atom. The molecule has 2 nitrogen and oxygen atoms in total. The highest BCUT2D eigenvalue weighted by atomic mass is 16.5. The van der Waals surface area contributed by atoms with Crippen molar-refractivity contribution in [2.75, 3.05) is 7.11 Å². The first-order valence-electron chi connectivity index (χ1n) is 4.75. The predicted octanol–water partition coefficient (Wildman–Crippen LogP) is 3.01. The van der Waals surface area contributed by atoms with Gasteiger partial charge < -0.3 is 9.84 Å². The summed E-state index contributed by atoms with van der Waals surface area (Å²) in [6, 6.07) is 3.92. The van der Waals surface area contributed by atoms with E-state index in [1.807, 2.05) is 19.1 Å². The summed E-state index contributed by atoms with van der Waals surface area (Å²) in [6.07, 6.45) is 0. The number of methoxy groups -OCH3 is 1. The van der Waals surface area contributed by atoms with E-state index in [2.05, 4.69) is 20.8 Å². The summed E-state index contributed by atoms with van der Waals surface area (Å²) in [5, 5.41) is 9.82. The van der Waals surface area contributed by atoms with Gasteiger partial charge >= 0.3 is 0 Å². The van der Waals surface area contributed by atoms with Gasteiger partial charge in [-0.3, -0.25) is 0 Å². The second-order valence-electron chi connectivity index (χ2n) is 4.56. The molecule has 0 aliphatic carbocycles. The third kappa shape index (κ3) is 1.84. The standard InChI is InChI=1S/C12H18O2/c1-8-6-7-9(12(2,3)4)11(14-5)10(8)13/h6-7,13H,1-5H3. The minimum Gasteiger partial charge on any atom is -0.504 e. The number of ether oxygens (including phenoxy) is 1. The SMILES string of the molecule is COc1c(C(C)(C)C)ccc(C)c1O. The quantitative estimate of drug-likeness (QED) is 0.744. The molecule has 0 aromatic heterocycles. The van der Waals surface area contributed by atoms with Gasteiger partial charge in [-0.1, -0.05) is 32.9 Å². The normalized spacial score (nSPS) is 11.5. The van der Waals surface area contributed by atoms with E-state index in [1.54, 1.807) is 7.11 Å². The Kier molecular flexibility index (Phi) is 2.74. The molecule has 0 aliphatic rings. The van der Waals surface area contributed by atoms with Crippen LogP contribution in [0, 0.1) is 6.92 Å². The number of phenolic OH excluding ortho intramolecular Hbond substituents is 1. The van der Waals surface area contributed by atoms with Crippen LogP contribution in [0.1, 0.15) is 31.9 Å². The molecule has 2 heteroatoms. The lowest BCUT2D eigenvalue weighted by Gasteiger charge is -2.23. The van der Waals surface area contributed by atoms with Gasteiger partial charge in [0.15, 0.2) is 11.5 Å². The maximum absolute atomic E-state index is 9.82. The van der Waals surface area contributed by atoms with Crippen LogP contribution in [0.15, 0.2) is 12.1 Å². The molecule has 0 atom stereocenters. The molecule has 1 aromatic carbocycles. The fraction of sp³-hybridized carbons (Fsp3) is 0.500. The third-order valence-electron chi connectivity index (χ3n) is 2.35. The zero-order valence-electron chi connectivity index (χ0n) is 9.51. The van der Waals surface area contributed by atoms with Crippen LogP contribution >= 0.6 is 0 Å². The van der Waals surface area contributed by atoms with E-state index in [9.17, 15) is 5.11 Å². The molecule has 0 fully saturated rings. The number of benzene rings is 1. The summed E-state index contributed by atoms with van der Waals surface area (Å²) in [6.45, 7) is 8.16. The van der Waals surface area contributed by atoms with Crippen molar-refractivity contribution >= 4 is 0 Å². The van der Waals surface area contributed by atoms with Crippen molar-refractivity contribution < 1.29 is 9.84 Å². The van der Waals surface area contributed by atoms with Crippen LogP contribution in [-0.2, 0) is 5.41 Å². The molecule has 0 heterocycles. The van der Waals surface area contributed by atoms with Crippen LogP contribution in [0.5, 0.6) is 11.5 Å². The van der Waals surface area contributed by atoms with Crippen LogP contribution in [-0.4, -0.2) is 12.2 Å². The molecule has 0 unspecified atom stereocenters. The highest BCUT2D eigenvalue weighted by Crippen LogP contribution is 2.39. The van der Waals surface area contributed by atoms with Crippen LogP contribution in [0.25, 0.3) is 0 Å². The Balaban J connectivity index is 3.39. The average Bonchev–Trinajstić information content (AvgIpc) is 2.07. The highest BCUT2D eigenvalue weighted by Gasteiger charge is 2.21. The van der Waals surface area contributed by atoms with E-state index in [4.69, 9.17) is 4.74 Å². The molecule has 78 valence electrons. The Hall–Kier alpha value is -1.18. The van der Waals surface area contributed by atoms with Gasteiger partial charge in [0.2, 0.25) is 0 Å². The molecule has 0 saturated heterocycles. The van der Waals surface area contributed by atoms with Gasteiger partial charge in [0.25, 0.3) is 0 Å². The van der Waals surface area contributed by atoms with Gasteiger partial charge in [0, 0.05) is 5.56 Å².